The van der Waals surface area contributed by atoms with E-state index < -0.39 is 0 Å². The monoisotopic (exact) mass is 343 g/mol. The molecule has 0 atom stereocenters. The molecular formula is C20H24FN2O2+. The minimum atomic E-state index is -0.302. The fourth-order valence-corrected chi connectivity index (χ4v) is 3.27. The fourth-order valence-electron chi connectivity index (χ4n) is 3.27. The predicted molar refractivity (Wildman–Crippen MR) is 96.0 cm³/mol. The zero-order valence-corrected chi connectivity index (χ0v) is 14.7. The fraction of sp³-hybridized carbons (Fsp3) is 0.350. The average Bonchev–Trinajstić information content (AvgIpc) is 2.63. The van der Waals surface area contributed by atoms with Crippen LogP contribution in [0.2, 0.25) is 0 Å². The molecular weight excluding hydrogens is 319 g/mol. The van der Waals surface area contributed by atoms with Gasteiger partial charge in [0.05, 0.1) is 33.3 Å². The lowest BCUT2D eigenvalue weighted by molar-refractivity contribution is -0.914. The normalized spacial score (nSPS) is 15.2. The molecule has 1 aliphatic heterocycles. The van der Waals surface area contributed by atoms with Crippen LogP contribution in [0.4, 0.5) is 10.1 Å². The molecule has 4 nitrogen and oxygen atoms in total. The number of methoxy groups -OCH3 is 1. The third-order valence-corrected chi connectivity index (χ3v) is 4.78. The Kier molecular flexibility index (Phi) is 5.34. The number of Topliss-reactive ketones (excluding diaryl/α,β-unsaturated/α-hetero) is 1. The summed E-state index contributed by atoms with van der Waals surface area (Å²) >= 11 is 0. The molecule has 1 N–H and O–H groups in total. The van der Waals surface area contributed by atoms with Gasteiger partial charge < -0.3 is 14.5 Å². The Labute approximate surface area is 147 Å². The highest BCUT2D eigenvalue weighted by Gasteiger charge is 2.21. The lowest BCUT2D eigenvalue weighted by Gasteiger charge is -2.33. The van der Waals surface area contributed by atoms with Crippen LogP contribution in [0.25, 0.3) is 0 Å². The Morgan fingerprint density at radius 1 is 1.16 bits per heavy atom. The zero-order chi connectivity index (χ0) is 17.8. The summed E-state index contributed by atoms with van der Waals surface area (Å²) in [6.45, 7) is 6.31. The summed E-state index contributed by atoms with van der Waals surface area (Å²) in [4.78, 5) is 15.1. The van der Waals surface area contributed by atoms with Crippen LogP contribution in [-0.4, -0.2) is 39.1 Å². The van der Waals surface area contributed by atoms with Crippen LogP contribution in [0, 0.1) is 5.82 Å². The Morgan fingerprint density at radius 3 is 2.40 bits per heavy atom. The first-order chi connectivity index (χ1) is 12.1. The van der Waals surface area contributed by atoms with Crippen molar-refractivity contribution in [1.82, 2.24) is 0 Å². The molecule has 0 amide bonds. The summed E-state index contributed by atoms with van der Waals surface area (Å²) in [6.07, 6.45) is 0. The largest absolute Gasteiger partial charge is 0.494 e. The van der Waals surface area contributed by atoms with Gasteiger partial charge in [-0.15, -0.1) is 0 Å². The average molecular weight is 343 g/mol. The quantitative estimate of drug-likeness (QED) is 0.843. The van der Waals surface area contributed by atoms with Gasteiger partial charge >= 0.3 is 0 Å². The van der Waals surface area contributed by atoms with Gasteiger partial charge in [-0.05, 0) is 49.4 Å². The number of hydrogen-bond donors (Lipinski definition) is 1. The Balaban J connectivity index is 1.56. The number of rotatable bonds is 5. The molecule has 25 heavy (non-hydrogen) atoms. The van der Waals surface area contributed by atoms with Crippen molar-refractivity contribution in [3.05, 3.63) is 59.4 Å². The van der Waals surface area contributed by atoms with Crippen molar-refractivity contribution < 1.29 is 18.8 Å². The third kappa shape index (κ3) is 4.17. The molecule has 0 saturated carbocycles. The Bertz CT molecular complexity index is 738. The summed E-state index contributed by atoms with van der Waals surface area (Å²) in [7, 11) is 1.48. The third-order valence-electron chi connectivity index (χ3n) is 4.78. The van der Waals surface area contributed by atoms with Gasteiger partial charge in [0.25, 0.3) is 0 Å². The molecule has 0 bridgehead atoms. The highest BCUT2D eigenvalue weighted by molar-refractivity contribution is 5.94. The zero-order valence-electron chi connectivity index (χ0n) is 14.7. The first kappa shape index (κ1) is 17.4. The molecule has 1 aliphatic rings. The highest BCUT2D eigenvalue weighted by atomic mass is 19.1. The maximum Gasteiger partial charge on any atom is 0.165 e. The van der Waals surface area contributed by atoms with E-state index in [4.69, 9.17) is 4.74 Å². The number of ether oxygens (including phenoxy) is 1. The van der Waals surface area contributed by atoms with Crippen LogP contribution in [0.15, 0.2) is 42.5 Å². The van der Waals surface area contributed by atoms with E-state index >= 15 is 0 Å². The van der Waals surface area contributed by atoms with Crippen LogP contribution in [-0.2, 0) is 6.54 Å². The molecule has 3 rings (SSSR count). The van der Waals surface area contributed by atoms with Crippen molar-refractivity contribution in [3.8, 4) is 5.75 Å². The summed E-state index contributed by atoms with van der Waals surface area (Å²) < 4.78 is 18.8. The van der Waals surface area contributed by atoms with E-state index in [1.54, 1.807) is 19.1 Å². The molecule has 1 heterocycles. The van der Waals surface area contributed by atoms with Crippen LogP contribution in [0.5, 0.6) is 5.75 Å². The number of carbonyl (C=O) groups is 1. The lowest BCUT2D eigenvalue weighted by atomic mass is 10.1. The smallest absolute Gasteiger partial charge is 0.165 e. The first-order valence-electron chi connectivity index (χ1n) is 8.59. The number of hydrogen-bond acceptors (Lipinski definition) is 3. The van der Waals surface area contributed by atoms with Crippen molar-refractivity contribution in [3.63, 3.8) is 0 Å². The van der Waals surface area contributed by atoms with E-state index in [2.05, 4.69) is 4.90 Å². The number of nitrogens with zero attached hydrogens (tertiary/aromatic N) is 1. The number of halogens is 1. The molecule has 0 aliphatic carbocycles. The van der Waals surface area contributed by atoms with Crippen molar-refractivity contribution in [2.75, 3.05) is 38.2 Å². The lowest BCUT2D eigenvalue weighted by Crippen LogP contribution is -3.13. The molecule has 1 saturated heterocycles. The molecule has 2 aromatic rings. The maximum atomic E-state index is 13.8. The van der Waals surface area contributed by atoms with Gasteiger partial charge in [0.2, 0.25) is 0 Å². The number of quaternary nitrogens is 1. The van der Waals surface area contributed by atoms with E-state index in [-0.39, 0.29) is 17.3 Å². The van der Waals surface area contributed by atoms with Crippen LogP contribution < -0.4 is 14.5 Å². The SMILES string of the molecule is COc1ccc(C[NH+]2CCN(c3ccc(C(C)=O)cc3)CC2)cc1F. The topological polar surface area (TPSA) is 34.0 Å². The second kappa shape index (κ2) is 7.66. The second-order valence-electron chi connectivity index (χ2n) is 6.49. The Morgan fingerprint density at radius 2 is 1.84 bits per heavy atom. The summed E-state index contributed by atoms with van der Waals surface area (Å²) in [5.74, 6) is 0.0775. The summed E-state index contributed by atoms with van der Waals surface area (Å²) in [6, 6.07) is 13.0. The Hall–Kier alpha value is -2.40. The molecule has 0 unspecified atom stereocenters. The van der Waals surface area contributed by atoms with E-state index in [1.807, 2.05) is 30.3 Å². The van der Waals surface area contributed by atoms with E-state index in [1.165, 1.54) is 12.0 Å². The minimum Gasteiger partial charge on any atom is -0.494 e. The van der Waals surface area contributed by atoms with Crippen LogP contribution >= 0.6 is 0 Å². The molecule has 132 valence electrons. The molecule has 5 heteroatoms. The molecule has 1 fully saturated rings. The van der Waals surface area contributed by atoms with Gasteiger partial charge in [0.15, 0.2) is 17.3 Å². The minimum absolute atomic E-state index is 0.0903. The van der Waals surface area contributed by atoms with E-state index in [0.717, 1.165) is 49.5 Å². The molecule has 0 radical (unpaired) electrons. The molecule has 0 aromatic heterocycles. The van der Waals surface area contributed by atoms with Crippen molar-refractivity contribution in [2.45, 2.75) is 13.5 Å². The number of carbonyl (C=O) groups excluding carboxylic acids is 1. The number of benzene rings is 2. The first-order valence-corrected chi connectivity index (χ1v) is 8.59. The molecule has 2 aromatic carbocycles. The number of ketones is 1. The predicted octanol–water partition coefficient (Wildman–Crippen LogP) is 1.94. The van der Waals surface area contributed by atoms with Crippen LogP contribution in [0.1, 0.15) is 22.8 Å². The van der Waals surface area contributed by atoms with Gasteiger partial charge in [-0.25, -0.2) is 4.39 Å². The second-order valence-corrected chi connectivity index (χ2v) is 6.49. The van der Waals surface area contributed by atoms with Crippen LogP contribution in [0.3, 0.4) is 0 Å². The van der Waals surface area contributed by atoms with Crippen molar-refractivity contribution in [1.29, 1.82) is 0 Å². The van der Waals surface area contributed by atoms with E-state index in [9.17, 15) is 9.18 Å². The summed E-state index contributed by atoms with van der Waals surface area (Å²) in [5.41, 5.74) is 2.89. The van der Waals surface area contributed by atoms with Crippen molar-refractivity contribution in [2.24, 2.45) is 0 Å². The van der Waals surface area contributed by atoms with Gasteiger partial charge in [-0.1, -0.05) is 0 Å². The highest BCUT2D eigenvalue weighted by Crippen LogP contribution is 2.18. The van der Waals surface area contributed by atoms with Crippen molar-refractivity contribution >= 4 is 11.5 Å². The van der Waals surface area contributed by atoms with Gasteiger partial charge in [0, 0.05) is 16.8 Å². The molecule has 0 spiro atoms. The number of piperazine rings is 1. The number of anilines is 1. The van der Waals surface area contributed by atoms with Gasteiger partial charge in [-0.2, -0.15) is 0 Å². The maximum absolute atomic E-state index is 13.8. The number of nitrogens with one attached hydrogen (secondary N) is 1. The summed E-state index contributed by atoms with van der Waals surface area (Å²) in [5, 5.41) is 0. The van der Waals surface area contributed by atoms with Gasteiger partial charge in [-0.3, -0.25) is 4.79 Å². The van der Waals surface area contributed by atoms with E-state index in [0.29, 0.717) is 0 Å². The van der Waals surface area contributed by atoms with Gasteiger partial charge in [0.1, 0.15) is 6.54 Å². The standard InChI is InChI=1S/C20H23FN2O2/c1-15(24)17-4-6-18(7-5-17)23-11-9-22(10-12-23)14-16-3-8-20(25-2)19(21)13-16/h3-8,13H,9-12,14H2,1-2H3/p+1.